The van der Waals surface area contributed by atoms with Crippen LogP contribution in [0.4, 0.5) is 0 Å². The summed E-state index contributed by atoms with van der Waals surface area (Å²) in [6.45, 7) is 5.28. The molecule has 0 aliphatic carbocycles. The van der Waals surface area contributed by atoms with Crippen molar-refractivity contribution in [2.24, 2.45) is 7.05 Å². The van der Waals surface area contributed by atoms with Crippen molar-refractivity contribution in [3.05, 3.63) is 17.0 Å². The highest BCUT2D eigenvalue weighted by Crippen LogP contribution is 2.25. The molecule has 0 radical (unpaired) electrons. The number of aromatic nitrogens is 2. The molecule has 0 aliphatic heterocycles. The highest BCUT2D eigenvalue weighted by Gasteiger charge is 2.29. The molecular formula is C13H24N4O2. The van der Waals surface area contributed by atoms with Gasteiger partial charge in [0.05, 0.1) is 5.69 Å². The molecule has 1 rings (SSSR count). The molecule has 0 aromatic carbocycles. The predicted molar refractivity (Wildman–Crippen MR) is 74.2 cm³/mol. The Labute approximate surface area is 114 Å². The third-order valence-corrected chi connectivity index (χ3v) is 3.41. The van der Waals surface area contributed by atoms with Gasteiger partial charge >= 0.3 is 5.97 Å². The van der Waals surface area contributed by atoms with E-state index >= 15 is 0 Å². The van der Waals surface area contributed by atoms with Crippen LogP contribution in [0.25, 0.3) is 0 Å². The molecule has 0 saturated heterocycles. The van der Waals surface area contributed by atoms with Gasteiger partial charge in [0.15, 0.2) is 0 Å². The number of nitrogens with zero attached hydrogens (tertiary/aromatic N) is 4. The van der Waals surface area contributed by atoms with E-state index < -0.39 is 12.0 Å². The number of aryl methyl sites for hydroxylation is 2. The molecule has 1 aromatic rings. The van der Waals surface area contributed by atoms with E-state index in [2.05, 4.69) is 5.10 Å². The lowest BCUT2D eigenvalue weighted by Crippen LogP contribution is -2.36. The maximum absolute atomic E-state index is 11.6. The summed E-state index contributed by atoms with van der Waals surface area (Å²) in [4.78, 5) is 15.5. The van der Waals surface area contributed by atoms with Crippen LogP contribution in [0.5, 0.6) is 0 Å². The van der Waals surface area contributed by atoms with Crippen molar-refractivity contribution in [2.75, 3.05) is 34.2 Å². The van der Waals surface area contributed by atoms with Crippen molar-refractivity contribution < 1.29 is 9.90 Å². The molecule has 0 amide bonds. The van der Waals surface area contributed by atoms with Crippen LogP contribution < -0.4 is 0 Å². The lowest BCUT2D eigenvalue weighted by atomic mass is 10.0. The molecule has 108 valence electrons. The molecule has 19 heavy (non-hydrogen) atoms. The third-order valence-electron chi connectivity index (χ3n) is 3.41. The first kappa shape index (κ1) is 15.7. The van der Waals surface area contributed by atoms with E-state index in [-0.39, 0.29) is 0 Å². The molecule has 0 unspecified atom stereocenters. The normalized spacial score (nSPS) is 13.3. The Balaban J connectivity index is 3.04. The Morgan fingerprint density at radius 2 is 1.89 bits per heavy atom. The van der Waals surface area contributed by atoms with Crippen molar-refractivity contribution >= 4 is 5.97 Å². The number of likely N-dealkylation sites (N-methyl/N-ethyl adjacent to an activating group) is 2. The summed E-state index contributed by atoms with van der Waals surface area (Å²) < 4.78 is 1.74. The number of carbonyl (C=O) groups is 1. The van der Waals surface area contributed by atoms with Crippen molar-refractivity contribution in [2.45, 2.75) is 19.9 Å². The van der Waals surface area contributed by atoms with Gasteiger partial charge in [-0.3, -0.25) is 14.4 Å². The molecule has 1 aromatic heterocycles. The largest absolute Gasteiger partial charge is 0.480 e. The molecule has 6 nitrogen and oxygen atoms in total. The number of carboxylic acid groups (broad SMARTS) is 1. The SMILES string of the molecule is Cc1nn(C)c(C)c1[C@@H](C(=O)O)N(C)CCN(C)C. The number of aliphatic carboxylic acids is 1. The van der Waals surface area contributed by atoms with Crippen LogP contribution in [0.3, 0.4) is 0 Å². The highest BCUT2D eigenvalue weighted by molar-refractivity contribution is 5.76. The molecule has 0 spiro atoms. The maximum atomic E-state index is 11.6. The van der Waals surface area contributed by atoms with Gasteiger partial charge in [-0.15, -0.1) is 0 Å². The van der Waals surface area contributed by atoms with E-state index in [1.165, 1.54) is 0 Å². The molecule has 0 bridgehead atoms. The summed E-state index contributed by atoms with van der Waals surface area (Å²) in [5.74, 6) is -0.833. The van der Waals surface area contributed by atoms with E-state index in [1.807, 2.05) is 51.8 Å². The van der Waals surface area contributed by atoms with Crippen LogP contribution in [0, 0.1) is 13.8 Å². The highest BCUT2D eigenvalue weighted by atomic mass is 16.4. The first-order valence-corrected chi connectivity index (χ1v) is 6.33. The summed E-state index contributed by atoms with van der Waals surface area (Å²) in [5, 5.41) is 13.8. The van der Waals surface area contributed by atoms with Gasteiger partial charge in [0.25, 0.3) is 0 Å². The average molecular weight is 268 g/mol. The smallest absolute Gasteiger partial charge is 0.325 e. The van der Waals surface area contributed by atoms with Gasteiger partial charge < -0.3 is 10.0 Å². The zero-order valence-electron chi connectivity index (χ0n) is 12.6. The summed E-state index contributed by atoms with van der Waals surface area (Å²) in [7, 11) is 7.63. The number of carboxylic acids is 1. The Hall–Kier alpha value is -1.40. The second-order valence-corrected chi connectivity index (χ2v) is 5.23. The molecule has 0 aliphatic rings. The molecule has 6 heteroatoms. The number of rotatable bonds is 6. The second-order valence-electron chi connectivity index (χ2n) is 5.23. The summed E-state index contributed by atoms with van der Waals surface area (Å²) in [6, 6.07) is -0.645. The zero-order chi connectivity index (χ0) is 14.7. The van der Waals surface area contributed by atoms with E-state index in [9.17, 15) is 9.90 Å². The second kappa shape index (κ2) is 6.16. The standard InChI is InChI=1S/C13H24N4O2/c1-9-11(10(2)17(6)14-9)12(13(18)19)16(5)8-7-15(3)4/h12H,7-8H2,1-6H3,(H,18,19)/t12-/m0/s1. The number of hydrogen-bond donors (Lipinski definition) is 1. The van der Waals surface area contributed by atoms with Crippen molar-refractivity contribution in [3.63, 3.8) is 0 Å². The average Bonchev–Trinajstić information content (AvgIpc) is 2.53. The Morgan fingerprint density at radius 1 is 1.32 bits per heavy atom. The zero-order valence-corrected chi connectivity index (χ0v) is 12.6. The Kier molecular flexibility index (Phi) is 5.08. The third kappa shape index (κ3) is 3.54. The van der Waals surface area contributed by atoms with E-state index in [4.69, 9.17) is 0 Å². The summed E-state index contributed by atoms with van der Waals surface area (Å²) in [5.41, 5.74) is 2.49. The Bertz CT molecular complexity index is 454. The van der Waals surface area contributed by atoms with Gasteiger partial charge in [0, 0.05) is 31.4 Å². The summed E-state index contributed by atoms with van der Waals surface area (Å²) in [6.07, 6.45) is 0. The molecular weight excluding hydrogens is 244 g/mol. The fourth-order valence-corrected chi connectivity index (χ4v) is 2.20. The quantitative estimate of drug-likeness (QED) is 0.821. The lowest BCUT2D eigenvalue weighted by molar-refractivity contribution is -0.143. The predicted octanol–water partition coefficient (Wildman–Crippen LogP) is 0.656. The molecule has 1 atom stereocenters. The van der Waals surface area contributed by atoms with Crippen LogP contribution in [0.2, 0.25) is 0 Å². The van der Waals surface area contributed by atoms with Gasteiger partial charge in [-0.1, -0.05) is 0 Å². The minimum Gasteiger partial charge on any atom is -0.480 e. The first-order chi connectivity index (χ1) is 8.75. The van der Waals surface area contributed by atoms with Crippen molar-refractivity contribution in [1.82, 2.24) is 19.6 Å². The fourth-order valence-electron chi connectivity index (χ4n) is 2.20. The van der Waals surface area contributed by atoms with Crippen molar-refractivity contribution in [3.8, 4) is 0 Å². The topological polar surface area (TPSA) is 61.6 Å². The fraction of sp³-hybridized carbons (Fsp3) is 0.692. The molecule has 0 fully saturated rings. The maximum Gasteiger partial charge on any atom is 0.325 e. The number of hydrogen-bond acceptors (Lipinski definition) is 4. The Morgan fingerprint density at radius 3 is 2.26 bits per heavy atom. The van der Waals surface area contributed by atoms with Gasteiger partial charge in [0.2, 0.25) is 0 Å². The summed E-state index contributed by atoms with van der Waals surface area (Å²) >= 11 is 0. The minimum absolute atomic E-state index is 0.645. The van der Waals surface area contributed by atoms with E-state index in [0.717, 1.165) is 23.5 Å². The van der Waals surface area contributed by atoms with Gasteiger partial charge in [-0.2, -0.15) is 5.10 Å². The minimum atomic E-state index is -0.833. The van der Waals surface area contributed by atoms with Gasteiger partial charge in [-0.25, -0.2) is 0 Å². The van der Waals surface area contributed by atoms with E-state index in [1.54, 1.807) is 4.68 Å². The van der Waals surface area contributed by atoms with Crippen molar-refractivity contribution in [1.29, 1.82) is 0 Å². The first-order valence-electron chi connectivity index (χ1n) is 6.33. The van der Waals surface area contributed by atoms with Gasteiger partial charge in [-0.05, 0) is 35.0 Å². The van der Waals surface area contributed by atoms with Crippen LogP contribution >= 0.6 is 0 Å². The molecule has 1 N–H and O–H groups in total. The van der Waals surface area contributed by atoms with E-state index in [0.29, 0.717) is 6.54 Å². The van der Waals surface area contributed by atoms with Crippen LogP contribution in [-0.4, -0.2) is 64.9 Å². The monoisotopic (exact) mass is 268 g/mol. The lowest BCUT2D eigenvalue weighted by Gasteiger charge is -2.26. The van der Waals surface area contributed by atoms with Gasteiger partial charge in [0.1, 0.15) is 6.04 Å². The van der Waals surface area contributed by atoms with Crippen LogP contribution in [-0.2, 0) is 11.8 Å². The molecule has 1 heterocycles. The van der Waals surface area contributed by atoms with Crippen LogP contribution in [0.1, 0.15) is 23.0 Å². The molecule has 0 saturated carbocycles. The van der Waals surface area contributed by atoms with Crippen LogP contribution in [0.15, 0.2) is 0 Å².